The Bertz CT molecular complexity index is 763. The Kier molecular flexibility index (Phi) is 6.47. The number of nitrogens with zero attached hydrogens (tertiary/aromatic N) is 1. The topological polar surface area (TPSA) is 30.9 Å². The smallest absolute Gasteiger partial charge is 0.161 e. The SMILES string of the molecule is CCOc1cc(C(=S)N2CCc3ccccc3C2)ccc1OCCOC. The van der Waals surface area contributed by atoms with Crippen molar-refractivity contribution in [3.63, 3.8) is 0 Å². The van der Waals surface area contributed by atoms with Gasteiger partial charge in [-0.05, 0) is 42.7 Å². The molecule has 4 nitrogen and oxygen atoms in total. The summed E-state index contributed by atoms with van der Waals surface area (Å²) in [4.78, 5) is 3.11. The number of thiocarbonyl (C=S) groups is 1. The third-order valence-corrected chi connectivity index (χ3v) is 4.95. The quantitative estimate of drug-likeness (QED) is 0.545. The van der Waals surface area contributed by atoms with E-state index in [9.17, 15) is 0 Å². The molecule has 0 atom stereocenters. The molecule has 0 fully saturated rings. The van der Waals surface area contributed by atoms with E-state index in [1.54, 1.807) is 7.11 Å². The average Bonchev–Trinajstić information content (AvgIpc) is 2.68. The van der Waals surface area contributed by atoms with E-state index in [0.29, 0.717) is 19.8 Å². The van der Waals surface area contributed by atoms with Crippen molar-refractivity contribution in [2.45, 2.75) is 19.9 Å². The Hall–Kier alpha value is -2.11. The van der Waals surface area contributed by atoms with Crippen molar-refractivity contribution in [1.82, 2.24) is 4.90 Å². The van der Waals surface area contributed by atoms with Gasteiger partial charge in [0.1, 0.15) is 11.6 Å². The first kappa shape index (κ1) is 18.7. The molecule has 1 aliphatic rings. The third kappa shape index (κ3) is 4.34. The number of rotatable bonds is 7. The number of hydrogen-bond acceptors (Lipinski definition) is 4. The zero-order valence-electron chi connectivity index (χ0n) is 15.4. The second-order valence-electron chi connectivity index (χ2n) is 6.18. The Morgan fingerprint density at radius 3 is 2.62 bits per heavy atom. The minimum absolute atomic E-state index is 0.489. The second-order valence-corrected chi connectivity index (χ2v) is 6.57. The largest absolute Gasteiger partial charge is 0.490 e. The van der Waals surface area contributed by atoms with E-state index in [-0.39, 0.29) is 0 Å². The fraction of sp³-hybridized carbons (Fsp3) is 0.381. The third-order valence-electron chi connectivity index (χ3n) is 4.45. The highest BCUT2D eigenvalue weighted by Gasteiger charge is 2.20. The zero-order valence-corrected chi connectivity index (χ0v) is 16.2. The molecule has 0 saturated heterocycles. The molecule has 1 heterocycles. The Balaban J connectivity index is 1.76. The highest BCUT2D eigenvalue weighted by molar-refractivity contribution is 7.80. The lowest BCUT2D eigenvalue weighted by Crippen LogP contribution is -2.35. The van der Waals surface area contributed by atoms with Gasteiger partial charge in [-0.25, -0.2) is 0 Å². The van der Waals surface area contributed by atoms with E-state index in [1.807, 2.05) is 25.1 Å². The summed E-state index contributed by atoms with van der Waals surface area (Å²) in [6.07, 6.45) is 1.02. The summed E-state index contributed by atoms with van der Waals surface area (Å²) in [5.41, 5.74) is 3.76. The molecular formula is C21H25NO3S. The molecule has 0 radical (unpaired) electrons. The van der Waals surface area contributed by atoms with Crippen molar-refractivity contribution in [1.29, 1.82) is 0 Å². The number of benzene rings is 2. The van der Waals surface area contributed by atoms with Crippen molar-refractivity contribution in [3.8, 4) is 11.5 Å². The van der Waals surface area contributed by atoms with Crippen LogP contribution in [-0.4, -0.2) is 43.4 Å². The van der Waals surface area contributed by atoms with Crippen LogP contribution in [0.25, 0.3) is 0 Å². The van der Waals surface area contributed by atoms with E-state index in [4.69, 9.17) is 26.4 Å². The molecule has 0 spiro atoms. The van der Waals surface area contributed by atoms with E-state index in [1.165, 1.54) is 11.1 Å². The van der Waals surface area contributed by atoms with Crippen molar-refractivity contribution in [2.24, 2.45) is 0 Å². The van der Waals surface area contributed by atoms with E-state index >= 15 is 0 Å². The van der Waals surface area contributed by atoms with Crippen LogP contribution in [0.3, 0.4) is 0 Å². The minimum atomic E-state index is 0.489. The van der Waals surface area contributed by atoms with Gasteiger partial charge in [0.15, 0.2) is 11.5 Å². The maximum absolute atomic E-state index is 5.77. The lowest BCUT2D eigenvalue weighted by atomic mass is 9.99. The predicted octanol–water partition coefficient (Wildman–Crippen LogP) is 3.84. The summed E-state index contributed by atoms with van der Waals surface area (Å²) >= 11 is 5.77. The summed E-state index contributed by atoms with van der Waals surface area (Å²) in [5, 5.41) is 0. The molecule has 0 saturated carbocycles. The zero-order chi connectivity index (χ0) is 18.4. The van der Waals surface area contributed by atoms with E-state index < -0.39 is 0 Å². The van der Waals surface area contributed by atoms with Crippen LogP contribution in [0.1, 0.15) is 23.6 Å². The summed E-state index contributed by atoms with van der Waals surface area (Å²) in [6, 6.07) is 14.5. The standard InChI is InChI=1S/C21H25NO3S/c1-3-24-20-14-17(8-9-19(20)25-13-12-23-2)21(26)22-11-10-16-6-4-5-7-18(16)15-22/h4-9,14H,3,10-13,15H2,1-2H3. The van der Waals surface area contributed by atoms with Crippen molar-refractivity contribution in [2.75, 3.05) is 33.5 Å². The molecule has 1 aliphatic heterocycles. The first-order valence-electron chi connectivity index (χ1n) is 8.97. The number of fused-ring (bicyclic) bond motifs is 1. The van der Waals surface area contributed by atoms with Crippen molar-refractivity contribution in [3.05, 3.63) is 59.2 Å². The van der Waals surface area contributed by atoms with Gasteiger partial charge in [-0.3, -0.25) is 0 Å². The molecule has 2 aromatic carbocycles. The summed E-state index contributed by atoms with van der Waals surface area (Å²) in [5.74, 6) is 1.44. The highest BCUT2D eigenvalue weighted by atomic mass is 32.1. The second kappa shape index (κ2) is 9.01. The molecule has 0 amide bonds. The Labute approximate surface area is 160 Å². The van der Waals surface area contributed by atoms with Crippen LogP contribution in [0.2, 0.25) is 0 Å². The van der Waals surface area contributed by atoms with Gasteiger partial charge < -0.3 is 19.1 Å². The van der Waals surface area contributed by atoms with Crippen LogP contribution in [0, 0.1) is 0 Å². The van der Waals surface area contributed by atoms with Gasteiger partial charge >= 0.3 is 0 Å². The summed E-state index contributed by atoms with van der Waals surface area (Å²) in [6.45, 7) is 5.36. The average molecular weight is 372 g/mol. The van der Waals surface area contributed by atoms with Gasteiger partial charge in [0.25, 0.3) is 0 Å². The van der Waals surface area contributed by atoms with Gasteiger partial charge in [-0.15, -0.1) is 0 Å². The van der Waals surface area contributed by atoms with Gasteiger partial charge in [0.2, 0.25) is 0 Å². The molecule has 0 aliphatic carbocycles. The van der Waals surface area contributed by atoms with Crippen LogP contribution in [0.15, 0.2) is 42.5 Å². The maximum atomic E-state index is 5.77. The fourth-order valence-electron chi connectivity index (χ4n) is 3.12. The molecule has 0 unspecified atom stereocenters. The predicted molar refractivity (Wildman–Crippen MR) is 107 cm³/mol. The Morgan fingerprint density at radius 2 is 1.85 bits per heavy atom. The molecule has 26 heavy (non-hydrogen) atoms. The fourth-order valence-corrected chi connectivity index (χ4v) is 3.40. The molecule has 3 rings (SSSR count). The van der Waals surface area contributed by atoms with Crippen LogP contribution in [-0.2, 0) is 17.7 Å². The lowest BCUT2D eigenvalue weighted by Gasteiger charge is -2.31. The maximum Gasteiger partial charge on any atom is 0.161 e. The van der Waals surface area contributed by atoms with Gasteiger partial charge in [0, 0.05) is 25.8 Å². The van der Waals surface area contributed by atoms with E-state index in [2.05, 4.69) is 29.2 Å². The van der Waals surface area contributed by atoms with Crippen molar-refractivity contribution >= 4 is 17.2 Å². The van der Waals surface area contributed by atoms with Gasteiger partial charge in [-0.1, -0.05) is 36.5 Å². The summed E-state index contributed by atoms with van der Waals surface area (Å²) in [7, 11) is 1.66. The number of hydrogen-bond donors (Lipinski definition) is 0. The molecule has 138 valence electrons. The summed E-state index contributed by atoms with van der Waals surface area (Å²) < 4.78 is 16.5. The van der Waals surface area contributed by atoms with E-state index in [0.717, 1.165) is 41.6 Å². The first-order valence-corrected chi connectivity index (χ1v) is 9.38. The van der Waals surface area contributed by atoms with Crippen LogP contribution >= 0.6 is 12.2 Å². The molecule has 0 N–H and O–H groups in total. The van der Waals surface area contributed by atoms with Crippen LogP contribution in [0.4, 0.5) is 0 Å². The molecule has 5 heteroatoms. The minimum Gasteiger partial charge on any atom is -0.490 e. The van der Waals surface area contributed by atoms with Gasteiger partial charge in [0.05, 0.1) is 13.2 Å². The normalized spacial score (nSPS) is 13.2. The molecule has 2 aromatic rings. The lowest BCUT2D eigenvalue weighted by molar-refractivity contribution is 0.143. The number of methoxy groups -OCH3 is 1. The van der Waals surface area contributed by atoms with Crippen molar-refractivity contribution < 1.29 is 14.2 Å². The number of ether oxygens (including phenoxy) is 3. The highest BCUT2D eigenvalue weighted by Crippen LogP contribution is 2.30. The molecule has 0 bridgehead atoms. The monoisotopic (exact) mass is 371 g/mol. The van der Waals surface area contributed by atoms with Crippen LogP contribution in [0.5, 0.6) is 11.5 Å². The first-order chi connectivity index (χ1) is 12.7. The van der Waals surface area contributed by atoms with Crippen LogP contribution < -0.4 is 9.47 Å². The molecule has 0 aromatic heterocycles. The Morgan fingerprint density at radius 1 is 1.04 bits per heavy atom. The molecular weight excluding hydrogens is 346 g/mol. The van der Waals surface area contributed by atoms with Gasteiger partial charge in [-0.2, -0.15) is 0 Å².